The van der Waals surface area contributed by atoms with Crippen molar-refractivity contribution in [3.05, 3.63) is 29.8 Å². The Hall–Kier alpha value is -1.06. The van der Waals surface area contributed by atoms with Gasteiger partial charge < -0.3 is 9.84 Å². The molecule has 1 aromatic rings. The van der Waals surface area contributed by atoms with Crippen LogP contribution in [0.15, 0.2) is 24.3 Å². The van der Waals surface area contributed by atoms with E-state index < -0.39 is 6.10 Å². The van der Waals surface area contributed by atoms with Crippen molar-refractivity contribution in [3.8, 4) is 5.75 Å². The molecule has 1 N–H and O–H groups in total. The van der Waals surface area contributed by atoms with Gasteiger partial charge in [0.25, 0.3) is 0 Å². The van der Waals surface area contributed by atoms with Gasteiger partial charge in [-0.3, -0.25) is 4.90 Å². The molecule has 1 aliphatic carbocycles. The molecule has 1 aliphatic rings. The van der Waals surface area contributed by atoms with Crippen molar-refractivity contribution in [3.63, 3.8) is 0 Å². The van der Waals surface area contributed by atoms with E-state index in [1.807, 2.05) is 24.3 Å². The summed E-state index contributed by atoms with van der Waals surface area (Å²) in [5, 5.41) is 10.5. The molecule has 0 amide bonds. The highest BCUT2D eigenvalue weighted by Gasteiger charge is 2.24. The molecule has 0 spiro atoms. The first kappa shape index (κ1) is 14.4. The van der Waals surface area contributed by atoms with Crippen molar-refractivity contribution in [2.24, 2.45) is 0 Å². The molecule has 1 saturated carbocycles. The summed E-state index contributed by atoms with van der Waals surface area (Å²) in [5.41, 5.74) is 0.890. The molecule has 0 bridgehead atoms. The summed E-state index contributed by atoms with van der Waals surface area (Å²) in [7, 11) is 1.65. The van der Waals surface area contributed by atoms with Crippen molar-refractivity contribution in [2.45, 2.75) is 44.8 Å². The Kier molecular flexibility index (Phi) is 5.23. The van der Waals surface area contributed by atoms with Crippen LogP contribution in [0.2, 0.25) is 0 Å². The fourth-order valence-electron chi connectivity index (χ4n) is 3.07. The van der Waals surface area contributed by atoms with E-state index in [9.17, 15) is 5.11 Å². The highest BCUT2D eigenvalue weighted by Crippen LogP contribution is 2.28. The predicted molar refractivity (Wildman–Crippen MR) is 77.5 cm³/mol. The molecule has 19 heavy (non-hydrogen) atoms. The van der Waals surface area contributed by atoms with Gasteiger partial charge in [-0.2, -0.15) is 0 Å². The summed E-state index contributed by atoms with van der Waals surface area (Å²) in [6, 6.07) is 8.39. The Morgan fingerprint density at radius 3 is 2.63 bits per heavy atom. The quantitative estimate of drug-likeness (QED) is 0.856. The fourth-order valence-corrected chi connectivity index (χ4v) is 3.07. The van der Waals surface area contributed by atoms with Crippen LogP contribution < -0.4 is 4.74 Å². The minimum Gasteiger partial charge on any atom is -0.496 e. The van der Waals surface area contributed by atoms with Crippen molar-refractivity contribution in [2.75, 3.05) is 20.2 Å². The number of likely N-dealkylation sites (N-methyl/N-ethyl adjacent to an activating group) is 1. The van der Waals surface area contributed by atoms with Crippen molar-refractivity contribution in [1.82, 2.24) is 4.90 Å². The third kappa shape index (κ3) is 3.48. The van der Waals surface area contributed by atoms with Gasteiger partial charge in [-0.15, -0.1) is 0 Å². The van der Waals surface area contributed by atoms with Crippen LogP contribution in [0.5, 0.6) is 5.75 Å². The molecule has 0 aromatic heterocycles. The number of nitrogens with zero attached hydrogens (tertiary/aromatic N) is 1. The first-order valence-corrected chi connectivity index (χ1v) is 7.31. The molecule has 1 aromatic carbocycles. The van der Waals surface area contributed by atoms with E-state index in [0.29, 0.717) is 12.6 Å². The fraction of sp³-hybridized carbons (Fsp3) is 0.625. The topological polar surface area (TPSA) is 32.7 Å². The highest BCUT2D eigenvalue weighted by molar-refractivity contribution is 5.35. The third-order valence-corrected chi connectivity index (χ3v) is 4.15. The number of methoxy groups -OCH3 is 1. The van der Waals surface area contributed by atoms with Gasteiger partial charge in [0.1, 0.15) is 5.75 Å². The molecule has 0 aliphatic heterocycles. The average Bonchev–Trinajstić information content (AvgIpc) is 2.98. The summed E-state index contributed by atoms with van der Waals surface area (Å²) in [6.07, 6.45) is 4.72. The number of benzene rings is 1. The summed E-state index contributed by atoms with van der Waals surface area (Å²) >= 11 is 0. The summed E-state index contributed by atoms with van der Waals surface area (Å²) in [4.78, 5) is 2.41. The van der Waals surface area contributed by atoms with Crippen LogP contribution in [0.1, 0.15) is 44.3 Å². The van der Waals surface area contributed by atoms with Gasteiger partial charge >= 0.3 is 0 Å². The lowest BCUT2D eigenvalue weighted by Gasteiger charge is -2.30. The SMILES string of the molecule is CCN(CC(O)c1ccccc1OC)C1CCCC1. The zero-order chi connectivity index (χ0) is 13.7. The lowest BCUT2D eigenvalue weighted by atomic mass is 10.1. The van der Waals surface area contributed by atoms with Gasteiger partial charge in [-0.1, -0.05) is 38.0 Å². The molecule has 0 heterocycles. The molecule has 1 atom stereocenters. The minimum absolute atomic E-state index is 0.475. The summed E-state index contributed by atoms with van der Waals surface area (Å²) in [6.45, 7) is 3.87. The van der Waals surface area contributed by atoms with E-state index in [-0.39, 0.29) is 0 Å². The number of rotatable bonds is 6. The summed E-state index contributed by atoms with van der Waals surface area (Å²) < 4.78 is 5.33. The molecule has 0 saturated heterocycles. The first-order chi connectivity index (χ1) is 9.26. The van der Waals surface area contributed by atoms with Crippen molar-refractivity contribution >= 4 is 0 Å². The van der Waals surface area contributed by atoms with E-state index in [1.54, 1.807) is 7.11 Å². The van der Waals surface area contributed by atoms with Crippen LogP contribution >= 0.6 is 0 Å². The second kappa shape index (κ2) is 6.92. The minimum atomic E-state index is -0.475. The number of aliphatic hydroxyl groups excluding tert-OH is 1. The Balaban J connectivity index is 2.04. The maximum atomic E-state index is 10.5. The van der Waals surface area contributed by atoms with Crippen molar-refractivity contribution in [1.29, 1.82) is 0 Å². The van der Waals surface area contributed by atoms with E-state index in [0.717, 1.165) is 17.9 Å². The van der Waals surface area contributed by atoms with Crippen LogP contribution in [-0.2, 0) is 0 Å². The van der Waals surface area contributed by atoms with Gasteiger partial charge in [0, 0.05) is 18.2 Å². The normalized spacial score (nSPS) is 17.9. The zero-order valence-electron chi connectivity index (χ0n) is 12.0. The van der Waals surface area contributed by atoms with Gasteiger partial charge in [-0.25, -0.2) is 0 Å². The van der Waals surface area contributed by atoms with Crippen LogP contribution in [0.4, 0.5) is 0 Å². The number of aliphatic hydroxyl groups is 1. The van der Waals surface area contributed by atoms with Gasteiger partial charge in [0.05, 0.1) is 13.2 Å². The Labute approximate surface area is 116 Å². The average molecular weight is 263 g/mol. The van der Waals surface area contributed by atoms with E-state index in [2.05, 4.69) is 11.8 Å². The molecule has 2 rings (SSSR count). The molecule has 3 heteroatoms. The molecule has 1 unspecified atom stereocenters. The molecule has 106 valence electrons. The smallest absolute Gasteiger partial charge is 0.124 e. The molecular formula is C16H25NO2. The predicted octanol–water partition coefficient (Wildman–Crippen LogP) is 2.99. The molecule has 0 radical (unpaired) electrons. The van der Waals surface area contributed by atoms with Crippen LogP contribution in [0.3, 0.4) is 0 Å². The molecule has 3 nitrogen and oxygen atoms in total. The maximum Gasteiger partial charge on any atom is 0.124 e. The first-order valence-electron chi connectivity index (χ1n) is 7.31. The molecular weight excluding hydrogens is 238 g/mol. The number of hydrogen-bond donors (Lipinski definition) is 1. The van der Waals surface area contributed by atoms with Crippen LogP contribution in [-0.4, -0.2) is 36.2 Å². The second-order valence-corrected chi connectivity index (χ2v) is 5.28. The van der Waals surface area contributed by atoms with Gasteiger partial charge in [0.15, 0.2) is 0 Å². The Bertz CT molecular complexity index is 388. The number of hydrogen-bond acceptors (Lipinski definition) is 3. The second-order valence-electron chi connectivity index (χ2n) is 5.28. The van der Waals surface area contributed by atoms with Gasteiger partial charge in [-0.05, 0) is 25.5 Å². The molecule has 1 fully saturated rings. The van der Waals surface area contributed by atoms with Crippen LogP contribution in [0, 0.1) is 0 Å². The number of ether oxygens (including phenoxy) is 1. The van der Waals surface area contributed by atoms with E-state index >= 15 is 0 Å². The largest absolute Gasteiger partial charge is 0.496 e. The van der Waals surface area contributed by atoms with E-state index in [1.165, 1.54) is 25.7 Å². The number of para-hydroxylation sites is 1. The highest BCUT2D eigenvalue weighted by atomic mass is 16.5. The van der Waals surface area contributed by atoms with Crippen molar-refractivity contribution < 1.29 is 9.84 Å². The Morgan fingerprint density at radius 2 is 2.00 bits per heavy atom. The lowest BCUT2D eigenvalue weighted by Crippen LogP contribution is -2.36. The van der Waals surface area contributed by atoms with Gasteiger partial charge in [0.2, 0.25) is 0 Å². The zero-order valence-corrected chi connectivity index (χ0v) is 12.0. The maximum absolute atomic E-state index is 10.5. The summed E-state index contributed by atoms with van der Waals surface area (Å²) in [5.74, 6) is 0.775. The monoisotopic (exact) mass is 263 g/mol. The van der Waals surface area contributed by atoms with E-state index in [4.69, 9.17) is 4.74 Å². The lowest BCUT2D eigenvalue weighted by molar-refractivity contribution is 0.0896. The Morgan fingerprint density at radius 1 is 1.32 bits per heavy atom. The standard InChI is InChI=1S/C16H25NO2/c1-3-17(13-8-4-5-9-13)12-15(18)14-10-6-7-11-16(14)19-2/h6-7,10-11,13,15,18H,3-5,8-9,12H2,1-2H3. The third-order valence-electron chi connectivity index (χ3n) is 4.15. The van der Waals surface area contributed by atoms with Crippen LogP contribution in [0.25, 0.3) is 0 Å².